The topological polar surface area (TPSA) is 96.6 Å². The van der Waals surface area contributed by atoms with Crippen LogP contribution in [0.1, 0.15) is 56.4 Å². The first-order chi connectivity index (χ1) is 17.4. The first kappa shape index (κ1) is 25.1. The van der Waals surface area contributed by atoms with E-state index in [9.17, 15) is 13.2 Å². The van der Waals surface area contributed by atoms with E-state index in [0.29, 0.717) is 31.1 Å². The van der Waals surface area contributed by atoms with Crippen LogP contribution in [0.5, 0.6) is 0 Å². The van der Waals surface area contributed by atoms with Crippen molar-refractivity contribution < 1.29 is 17.7 Å². The van der Waals surface area contributed by atoms with Gasteiger partial charge < -0.3 is 9.42 Å². The molecule has 3 heterocycles. The van der Waals surface area contributed by atoms with Crippen LogP contribution in [0.2, 0.25) is 0 Å². The minimum absolute atomic E-state index is 0.0124. The molecule has 1 atom stereocenters. The van der Waals surface area contributed by atoms with E-state index < -0.39 is 10.0 Å². The van der Waals surface area contributed by atoms with Crippen molar-refractivity contribution in [3.8, 4) is 10.7 Å². The van der Waals surface area contributed by atoms with Crippen molar-refractivity contribution >= 4 is 27.3 Å². The number of carbonyl (C=O) groups is 1. The van der Waals surface area contributed by atoms with E-state index in [4.69, 9.17) is 4.52 Å². The summed E-state index contributed by atoms with van der Waals surface area (Å²) in [4.78, 5) is 21.5. The molecule has 192 valence electrons. The molecule has 1 aliphatic heterocycles. The molecule has 2 aliphatic rings. The number of aromatic nitrogens is 2. The van der Waals surface area contributed by atoms with Gasteiger partial charge in [0.15, 0.2) is 0 Å². The summed E-state index contributed by atoms with van der Waals surface area (Å²) in [5.74, 6) is 0.545. The lowest BCUT2D eigenvalue weighted by Crippen LogP contribution is -2.49. The second-order valence-corrected chi connectivity index (χ2v) is 12.6. The molecule has 1 saturated carbocycles. The molecule has 0 N–H and O–H groups in total. The smallest absolute Gasteiger partial charge is 0.246 e. The summed E-state index contributed by atoms with van der Waals surface area (Å²) in [6, 6.07) is 10.9. The number of hydrogen-bond donors (Lipinski definition) is 0. The zero-order chi connectivity index (χ0) is 25.1. The van der Waals surface area contributed by atoms with Gasteiger partial charge in [-0.3, -0.25) is 4.79 Å². The quantitative estimate of drug-likeness (QED) is 0.434. The lowest BCUT2D eigenvalue weighted by molar-refractivity contribution is -0.141. The zero-order valence-corrected chi connectivity index (χ0v) is 22.1. The fraction of sp³-hybridized carbons (Fsp3) is 0.500. The predicted octanol–water partition coefficient (Wildman–Crippen LogP) is 4.87. The molecule has 36 heavy (non-hydrogen) atoms. The second kappa shape index (κ2) is 10.8. The SMILES string of the molecule is Cc1ccc(S(=O)(=O)N2CCCC(C(=O)N(Cc3nc(-c4cccs4)no3)C3CCCCC3)C2)cc1. The number of sulfonamides is 1. The van der Waals surface area contributed by atoms with Gasteiger partial charge in [-0.2, -0.15) is 9.29 Å². The average molecular weight is 529 g/mol. The maximum atomic E-state index is 13.9. The Hall–Kier alpha value is -2.56. The van der Waals surface area contributed by atoms with E-state index in [1.54, 1.807) is 24.3 Å². The van der Waals surface area contributed by atoms with Gasteiger partial charge in [0.25, 0.3) is 0 Å². The van der Waals surface area contributed by atoms with E-state index in [2.05, 4.69) is 10.1 Å². The van der Waals surface area contributed by atoms with Crippen LogP contribution in [0.25, 0.3) is 10.7 Å². The number of nitrogens with zero attached hydrogens (tertiary/aromatic N) is 4. The third kappa shape index (κ3) is 5.40. The molecular formula is C26H32N4O4S2. The molecule has 8 nitrogen and oxygen atoms in total. The van der Waals surface area contributed by atoms with Crippen molar-refractivity contribution in [3.63, 3.8) is 0 Å². The summed E-state index contributed by atoms with van der Waals surface area (Å²) in [5, 5.41) is 6.07. The van der Waals surface area contributed by atoms with Gasteiger partial charge in [0.05, 0.1) is 15.7 Å². The Morgan fingerprint density at radius 2 is 1.89 bits per heavy atom. The van der Waals surface area contributed by atoms with Crippen molar-refractivity contribution in [2.24, 2.45) is 5.92 Å². The molecule has 0 spiro atoms. The molecule has 10 heteroatoms. The third-order valence-corrected chi connectivity index (χ3v) is 9.95. The molecular weight excluding hydrogens is 496 g/mol. The summed E-state index contributed by atoms with van der Waals surface area (Å²) >= 11 is 1.54. The highest BCUT2D eigenvalue weighted by Gasteiger charge is 2.37. The largest absolute Gasteiger partial charge is 0.337 e. The number of rotatable bonds is 7. The standard InChI is InChI=1S/C26H32N4O4S2/c1-19-11-13-22(14-12-19)36(32,33)29-15-5-7-20(17-29)26(31)30(21-8-3-2-4-9-21)18-24-27-25(28-34-24)23-10-6-16-35-23/h6,10-14,16,20-21H,2-5,7-9,15,17-18H2,1H3. The van der Waals surface area contributed by atoms with E-state index in [-0.39, 0.29) is 35.9 Å². The summed E-state index contributed by atoms with van der Waals surface area (Å²) in [6.07, 6.45) is 6.54. The normalized spacial score (nSPS) is 19.9. The van der Waals surface area contributed by atoms with Gasteiger partial charge in [0.1, 0.15) is 6.54 Å². The lowest BCUT2D eigenvalue weighted by atomic mass is 9.91. The Morgan fingerprint density at radius 1 is 1.11 bits per heavy atom. The Morgan fingerprint density at radius 3 is 2.61 bits per heavy atom. The minimum Gasteiger partial charge on any atom is -0.337 e. The molecule has 2 aromatic heterocycles. The highest BCUT2D eigenvalue weighted by Crippen LogP contribution is 2.30. The molecule has 1 saturated heterocycles. The Labute approximate surface area is 216 Å². The number of aryl methyl sites for hydroxylation is 1. The maximum absolute atomic E-state index is 13.9. The molecule has 1 aromatic carbocycles. The van der Waals surface area contributed by atoms with Crippen molar-refractivity contribution in [1.29, 1.82) is 0 Å². The highest BCUT2D eigenvalue weighted by atomic mass is 32.2. The number of piperidine rings is 1. The second-order valence-electron chi connectivity index (χ2n) is 9.76. The molecule has 0 radical (unpaired) electrons. The number of benzene rings is 1. The minimum atomic E-state index is -3.65. The van der Waals surface area contributed by atoms with Crippen LogP contribution in [0.15, 0.2) is 51.2 Å². The van der Waals surface area contributed by atoms with Gasteiger partial charge in [-0.15, -0.1) is 11.3 Å². The van der Waals surface area contributed by atoms with E-state index in [1.807, 2.05) is 29.3 Å². The van der Waals surface area contributed by atoms with Gasteiger partial charge in [-0.1, -0.05) is 48.2 Å². The van der Waals surface area contributed by atoms with Crippen LogP contribution < -0.4 is 0 Å². The fourth-order valence-corrected chi connectivity index (χ4v) is 7.38. The number of hydrogen-bond acceptors (Lipinski definition) is 7. The Kier molecular flexibility index (Phi) is 7.55. The van der Waals surface area contributed by atoms with Crippen LogP contribution in [-0.4, -0.2) is 52.8 Å². The number of thiophene rings is 1. The van der Waals surface area contributed by atoms with Gasteiger partial charge in [0, 0.05) is 19.1 Å². The predicted molar refractivity (Wildman–Crippen MR) is 138 cm³/mol. The summed E-state index contributed by atoms with van der Waals surface area (Å²) in [5.41, 5.74) is 1.01. The van der Waals surface area contributed by atoms with Crippen molar-refractivity contribution in [2.45, 2.75) is 69.4 Å². The molecule has 1 amide bonds. The summed E-state index contributed by atoms with van der Waals surface area (Å²) < 4.78 is 33.6. The average Bonchev–Trinajstić information content (AvgIpc) is 3.60. The Balaban J connectivity index is 1.35. The van der Waals surface area contributed by atoms with Crippen molar-refractivity contribution in [3.05, 3.63) is 53.2 Å². The first-order valence-corrected chi connectivity index (χ1v) is 15.0. The van der Waals surface area contributed by atoms with Gasteiger partial charge in [-0.25, -0.2) is 8.42 Å². The third-order valence-electron chi connectivity index (χ3n) is 7.21. The van der Waals surface area contributed by atoms with E-state index in [1.165, 1.54) is 22.1 Å². The van der Waals surface area contributed by atoms with Crippen molar-refractivity contribution in [1.82, 2.24) is 19.3 Å². The molecule has 0 bridgehead atoms. The van der Waals surface area contributed by atoms with Crippen LogP contribution in [-0.2, 0) is 21.4 Å². The number of amides is 1. The monoisotopic (exact) mass is 528 g/mol. The molecule has 3 aromatic rings. The van der Waals surface area contributed by atoms with Crippen LogP contribution in [0, 0.1) is 12.8 Å². The first-order valence-electron chi connectivity index (χ1n) is 12.7. The highest BCUT2D eigenvalue weighted by molar-refractivity contribution is 7.89. The molecule has 5 rings (SSSR count). The van der Waals surface area contributed by atoms with Crippen LogP contribution in [0.3, 0.4) is 0 Å². The van der Waals surface area contributed by atoms with Crippen molar-refractivity contribution in [2.75, 3.05) is 13.1 Å². The molecule has 1 aliphatic carbocycles. The Bertz CT molecular complexity index is 1270. The molecule has 1 unspecified atom stereocenters. The van der Waals surface area contributed by atoms with E-state index in [0.717, 1.165) is 36.1 Å². The van der Waals surface area contributed by atoms with E-state index >= 15 is 0 Å². The fourth-order valence-electron chi connectivity index (χ4n) is 5.21. The van der Waals surface area contributed by atoms with Gasteiger partial charge >= 0.3 is 0 Å². The van der Waals surface area contributed by atoms with Crippen LogP contribution in [0.4, 0.5) is 0 Å². The maximum Gasteiger partial charge on any atom is 0.246 e. The zero-order valence-electron chi connectivity index (χ0n) is 20.5. The summed E-state index contributed by atoms with van der Waals surface area (Å²) in [6.45, 7) is 2.81. The number of carbonyl (C=O) groups excluding carboxylic acids is 1. The van der Waals surface area contributed by atoms with Gasteiger partial charge in [0.2, 0.25) is 27.6 Å². The lowest BCUT2D eigenvalue weighted by Gasteiger charge is -2.38. The van der Waals surface area contributed by atoms with Crippen LogP contribution >= 0.6 is 11.3 Å². The summed E-state index contributed by atoms with van der Waals surface area (Å²) in [7, 11) is -3.65. The molecule has 2 fully saturated rings. The van der Waals surface area contributed by atoms with Gasteiger partial charge in [-0.05, 0) is 56.2 Å².